The third-order valence-corrected chi connectivity index (χ3v) is 4.01. The van der Waals surface area contributed by atoms with Crippen molar-refractivity contribution in [3.63, 3.8) is 0 Å². The van der Waals surface area contributed by atoms with Crippen LogP contribution in [0.5, 0.6) is 0 Å². The number of thioether (sulfide) groups is 1. The largest absolute Gasteiger partial charge is 0.311 e. The van der Waals surface area contributed by atoms with Crippen molar-refractivity contribution in [1.82, 2.24) is 15.1 Å². The maximum atomic E-state index is 4.22. The average Bonchev–Trinajstić information content (AvgIpc) is 2.49. The molecule has 1 aromatic heterocycles. The van der Waals surface area contributed by atoms with Gasteiger partial charge in [0, 0.05) is 36.1 Å². The van der Waals surface area contributed by atoms with Gasteiger partial charge in [-0.15, -0.1) is 0 Å². The molecule has 1 N–H and O–H groups in total. The number of rotatable bonds is 5. The number of aromatic nitrogens is 2. The second kappa shape index (κ2) is 5.03. The van der Waals surface area contributed by atoms with E-state index in [1.165, 1.54) is 11.3 Å². The van der Waals surface area contributed by atoms with Gasteiger partial charge in [-0.05, 0) is 27.0 Å². The van der Waals surface area contributed by atoms with E-state index in [2.05, 4.69) is 37.4 Å². The van der Waals surface area contributed by atoms with E-state index >= 15 is 0 Å². The van der Waals surface area contributed by atoms with Gasteiger partial charge in [-0.3, -0.25) is 4.68 Å². The van der Waals surface area contributed by atoms with E-state index in [9.17, 15) is 0 Å². The first kappa shape index (κ1) is 12.6. The second-order valence-corrected chi connectivity index (χ2v) is 5.96. The molecule has 15 heavy (non-hydrogen) atoms. The molecule has 3 nitrogen and oxygen atoms in total. The van der Waals surface area contributed by atoms with Gasteiger partial charge in [0.2, 0.25) is 0 Å². The molecule has 0 saturated heterocycles. The average molecular weight is 227 g/mol. The van der Waals surface area contributed by atoms with Gasteiger partial charge in [0.1, 0.15) is 0 Å². The molecule has 0 aliphatic rings. The lowest BCUT2D eigenvalue weighted by Crippen LogP contribution is -2.31. The Morgan fingerprint density at radius 3 is 2.67 bits per heavy atom. The van der Waals surface area contributed by atoms with Gasteiger partial charge >= 0.3 is 0 Å². The Hall–Kier alpha value is -0.480. The van der Waals surface area contributed by atoms with Crippen LogP contribution in [0.3, 0.4) is 0 Å². The highest BCUT2D eigenvalue weighted by Gasteiger charge is 2.15. The Morgan fingerprint density at radius 1 is 1.53 bits per heavy atom. The van der Waals surface area contributed by atoms with Crippen molar-refractivity contribution in [3.8, 4) is 0 Å². The van der Waals surface area contributed by atoms with Crippen LogP contribution in [0.2, 0.25) is 0 Å². The third-order valence-electron chi connectivity index (χ3n) is 2.76. The lowest BCUT2D eigenvalue weighted by Gasteiger charge is -2.22. The Kier molecular flexibility index (Phi) is 4.22. The van der Waals surface area contributed by atoms with Crippen molar-refractivity contribution in [3.05, 3.63) is 17.5 Å². The fourth-order valence-electron chi connectivity index (χ4n) is 1.29. The Balaban J connectivity index is 2.42. The number of hydrogen-bond donors (Lipinski definition) is 1. The number of nitrogens with zero attached hydrogens (tertiary/aromatic N) is 2. The zero-order chi connectivity index (χ0) is 11.5. The summed E-state index contributed by atoms with van der Waals surface area (Å²) in [6.45, 7) is 8.53. The monoisotopic (exact) mass is 227 g/mol. The maximum Gasteiger partial charge on any atom is 0.0537 e. The predicted octanol–water partition coefficient (Wildman–Crippen LogP) is 1.96. The SMILES string of the molecule is CSC(C)(C)CNCc1cnn(C)c1C. The van der Waals surface area contributed by atoms with E-state index in [-0.39, 0.29) is 0 Å². The third kappa shape index (κ3) is 3.54. The summed E-state index contributed by atoms with van der Waals surface area (Å²) in [5.74, 6) is 0. The minimum Gasteiger partial charge on any atom is -0.311 e. The lowest BCUT2D eigenvalue weighted by molar-refractivity contribution is 0.589. The van der Waals surface area contributed by atoms with E-state index in [4.69, 9.17) is 0 Å². The molecule has 1 aromatic rings. The van der Waals surface area contributed by atoms with Crippen LogP contribution in [0, 0.1) is 6.92 Å². The minimum absolute atomic E-state index is 0.302. The second-order valence-electron chi connectivity index (χ2n) is 4.45. The predicted molar refractivity (Wildman–Crippen MR) is 67.2 cm³/mol. The van der Waals surface area contributed by atoms with Crippen LogP contribution in [0.15, 0.2) is 6.20 Å². The molecule has 0 aliphatic heterocycles. The Morgan fingerprint density at radius 2 is 2.20 bits per heavy atom. The molecule has 1 heterocycles. The van der Waals surface area contributed by atoms with E-state index in [1.54, 1.807) is 0 Å². The summed E-state index contributed by atoms with van der Waals surface area (Å²) in [7, 11) is 1.98. The van der Waals surface area contributed by atoms with Crippen LogP contribution in [-0.2, 0) is 13.6 Å². The van der Waals surface area contributed by atoms with Crippen molar-refractivity contribution >= 4 is 11.8 Å². The highest BCUT2D eigenvalue weighted by molar-refractivity contribution is 7.99. The molecule has 0 radical (unpaired) electrons. The molecule has 0 saturated carbocycles. The van der Waals surface area contributed by atoms with Crippen molar-refractivity contribution < 1.29 is 0 Å². The van der Waals surface area contributed by atoms with Crippen LogP contribution < -0.4 is 5.32 Å². The van der Waals surface area contributed by atoms with Gasteiger partial charge in [-0.2, -0.15) is 16.9 Å². The lowest BCUT2D eigenvalue weighted by atomic mass is 10.2. The van der Waals surface area contributed by atoms with E-state index in [0.29, 0.717) is 4.75 Å². The van der Waals surface area contributed by atoms with E-state index in [1.807, 2.05) is 29.7 Å². The summed E-state index contributed by atoms with van der Waals surface area (Å²) >= 11 is 1.89. The van der Waals surface area contributed by atoms with Crippen LogP contribution >= 0.6 is 11.8 Å². The first-order chi connectivity index (χ1) is 6.96. The molecule has 0 spiro atoms. The van der Waals surface area contributed by atoms with Crippen molar-refractivity contribution in [2.75, 3.05) is 12.8 Å². The molecule has 1 rings (SSSR count). The van der Waals surface area contributed by atoms with Gasteiger partial charge in [0.05, 0.1) is 6.20 Å². The summed E-state index contributed by atoms with van der Waals surface area (Å²) in [5, 5.41) is 7.70. The summed E-state index contributed by atoms with van der Waals surface area (Å²) in [6, 6.07) is 0. The standard InChI is InChI=1S/C11H21N3S/c1-9-10(7-13-14(9)4)6-12-8-11(2,3)15-5/h7,12H,6,8H2,1-5H3. The molecule has 86 valence electrons. The normalized spacial score (nSPS) is 12.1. The first-order valence-corrected chi connectivity index (χ1v) is 6.42. The zero-order valence-electron chi connectivity index (χ0n) is 10.3. The van der Waals surface area contributed by atoms with Crippen LogP contribution in [-0.4, -0.2) is 27.3 Å². The van der Waals surface area contributed by atoms with Gasteiger partial charge in [-0.25, -0.2) is 0 Å². The number of nitrogens with one attached hydrogen (secondary N) is 1. The smallest absolute Gasteiger partial charge is 0.0537 e. The molecule has 0 aliphatic carbocycles. The number of aryl methyl sites for hydroxylation is 1. The first-order valence-electron chi connectivity index (χ1n) is 5.19. The summed E-state index contributed by atoms with van der Waals surface area (Å²) < 4.78 is 2.22. The quantitative estimate of drug-likeness (QED) is 0.834. The molecule has 0 fully saturated rings. The highest BCUT2D eigenvalue weighted by Crippen LogP contribution is 2.19. The summed E-state index contributed by atoms with van der Waals surface area (Å²) in [4.78, 5) is 0. The molecular weight excluding hydrogens is 206 g/mol. The molecular formula is C11H21N3S. The van der Waals surface area contributed by atoms with Gasteiger partial charge in [-0.1, -0.05) is 0 Å². The fraction of sp³-hybridized carbons (Fsp3) is 0.727. The van der Waals surface area contributed by atoms with Crippen LogP contribution in [0.25, 0.3) is 0 Å². The van der Waals surface area contributed by atoms with Gasteiger partial charge in [0.15, 0.2) is 0 Å². The fourth-order valence-corrected chi connectivity index (χ4v) is 1.53. The zero-order valence-corrected chi connectivity index (χ0v) is 11.1. The van der Waals surface area contributed by atoms with Gasteiger partial charge < -0.3 is 5.32 Å². The Labute approximate surface area is 96.6 Å². The highest BCUT2D eigenvalue weighted by atomic mass is 32.2. The maximum absolute atomic E-state index is 4.22. The molecule has 0 unspecified atom stereocenters. The van der Waals surface area contributed by atoms with Crippen molar-refractivity contribution in [2.45, 2.75) is 32.1 Å². The summed E-state index contributed by atoms with van der Waals surface area (Å²) in [5.41, 5.74) is 2.53. The topological polar surface area (TPSA) is 29.9 Å². The summed E-state index contributed by atoms with van der Waals surface area (Å²) in [6.07, 6.45) is 4.09. The van der Waals surface area contributed by atoms with E-state index < -0.39 is 0 Å². The molecule has 4 heteroatoms. The molecule has 0 bridgehead atoms. The molecule has 0 atom stereocenters. The molecule has 0 amide bonds. The van der Waals surface area contributed by atoms with Crippen molar-refractivity contribution in [2.24, 2.45) is 7.05 Å². The van der Waals surface area contributed by atoms with Gasteiger partial charge in [0.25, 0.3) is 0 Å². The minimum atomic E-state index is 0.302. The van der Waals surface area contributed by atoms with Crippen LogP contribution in [0.4, 0.5) is 0 Å². The molecule has 0 aromatic carbocycles. The number of hydrogen-bond acceptors (Lipinski definition) is 3. The van der Waals surface area contributed by atoms with Crippen molar-refractivity contribution in [1.29, 1.82) is 0 Å². The Bertz CT molecular complexity index is 318. The van der Waals surface area contributed by atoms with Crippen LogP contribution in [0.1, 0.15) is 25.1 Å². The van der Waals surface area contributed by atoms with E-state index in [0.717, 1.165) is 13.1 Å².